The van der Waals surface area contributed by atoms with Crippen LogP contribution in [0.1, 0.15) is 30.5 Å². The molecular weight excluding hydrogens is 392 g/mol. The van der Waals surface area contributed by atoms with Gasteiger partial charge in [0.15, 0.2) is 23.2 Å². The van der Waals surface area contributed by atoms with Gasteiger partial charge in [0, 0.05) is 25.3 Å². The summed E-state index contributed by atoms with van der Waals surface area (Å²) in [5.41, 5.74) is 8.72. The lowest BCUT2D eigenvalue weighted by atomic mass is 9.97. The maximum Gasteiger partial charge on any atom is 0.169 e. The van der Waals surface area contributed by atoms with E-state index in [4.69, 9.17) is 15.2 Å². The van der Waals surface area contributed by atoms with Crippen molar-refractivity contribution >= 4 is 11.6 Å². The smallest absolute Gasteiger partial charge is 0.169 e. The zero-order valence-electron chi connectivity index (χ0n) is 17.8. The number of nitrogens with two attached hydrogens (primary N) is 1. The van der Waals surface area contributed by atoms with Crippen molar-refractivity contribution in [1.29, 1.82) is 0 Å². The van der Waals surface area contributed by atoms with Crippen molar-refractivity contribution in [2.45, 2.75) is 32.7 Å². The number of anilines is 2. The summed E-state index contributed by atoms with van der Waals surface area (Å²) < 4.78 is 11.2. The molecule has 0 radical (unpaired) electrons. The minimum absolute atomic E-state index is 0.387. The summed E-state index contributed by atoms with van der Waals surface area (Å²) >= 11 is 0. The number of benzene rings is 1. The second kappa shape index (κ2) is 10.2. The molecule has 8 heteroatoms. The van der Waals surface area contributed by atoms with E-state index in [0.29, 0.717) is 42.3 Å². The van der Waals surface area contributed by atoms with Gasteiger partial charge in [-0.25, -0.2) is 19.9 Å². The summed E-state index contributed by atoms with van der Waals surface area (Å²) in [6.07, 6.45) is 8.40. The van der Waals surface area contributed by atoms with E-state index in [2.05, 4.69) is 25.3 Å². The van der Waals surface area contributed by atoms with E-state index in [1.54, 1.807) is 18.6 Å². The third-order valence-corrected chi connectivity index (χ3v) is 5.33. The average molecular weight is 421 g/mol. The van der Waals surface area contributed by atoms with Crippen LogP contribution in [0.3, 0.4) is 0 Å². The quantitative estimate of drug-likeness (QED) is 0.569. The van der Waals surface area contributed by atoms with Crippen LogP contribution in [0.25, 0.3) is 11.4 Å². The molecule has 3 aromatic rings. The Balaban J connectivity index is 1.33. The first-order valence-electron chi connectivity index (χ1n) is 10.6. The molecule has 162 valence electrons. The molecule has 0 bridgehead atoms. The highest BCUT2D eigenvalue weighted by Crippen LogP contribution is 2.21. The predicted molar refractivity (Wildman–Crippen MR) is 120 cm³/mol. The Bertz CT molecular complexity index is 990. The molecule has 1 saturated heterocycles. The normalized spacial score (nSPS) is 14.4. The molecule has 0 saturated carbocycles. The average Bonchev–Trinajstić information content (AvgIpc) is 2.81. The molecule has 0 atom stereocenters. The van der Waals surface area contributed by atoms with Crippen molar-refractivity contribution in [1.82, 2.24) is 19.9 Å². The molecule has 1 aliphatic heterocycles. The third kappa shape index (κ3) is 5.88. The van der Waals surface area contributed by atoms with Crippen molar-refractivity contribution < 1.29 is 9.47 Å². The van der Waals surface area contributed by atoms with Gasteiger partial charge in [-0.3, -0.25) is 0 Å². The van der Waals surface area contributed by atoms with Crippen LogP contribution in [-0.2, 0) is 11.3 Å². The summed E-state index contributed by atoms with van der Waals surface area (Å²) in [5.74, 6) is 3.02. The van der Waals surface area contributed by atoms with E-state index in [1.165, 1.54) is 0 Å². The minimum atomic E-state index is 0.387. The molecular formula is C23H28N6O2. The molecule has 0 unspecified atom stereocenters. The first kappa shape index (κ1) is 21.0. The molecule has 31 heavy (non-hydrogen) atoms. The first-order chi connectivity index (χ1) is 15.2. The van der Waals surface area contributed by atoms with Gasteiger partial charge < -0.3 is 20.5 Å². The Morgan fingerprint density at radius 1 is 1.13 bits per heavy atom. The Labute approximate surface area is 182 Å². The molecule has 1 aromatic carbocycles. The molecule has 4 rings (SSSR count). The largest absolute Gasteiger partial charge is 0.490 e. The van der Waals surface area contributed by atoms with Crippen molar-refractivity contribution in [2.75, 3.05) is 30.9 Å². The van der Waals surface area contributed by atoms with Gasteiger partial charge in [0.05, 0.1) is 30.9 Å². The predicted octanol–water partition coefficient (Wildman–Crippen LogP) is 3.63. The summed E-state index contributed by atoms with van der Waals surface area (Å²) in [7, 11) is 0. The van der Waals surface area contributed by atoms with Crippen LogP contribution >= 0.6 is 0 Å². The Kier molecular flexibility index (Phi) is 6.89. The molecule has 0 amide bonds. The first-order valence-corrected chi connectivity index (χ1v) is 10.6. The van der Waals surface area contributed by atoms with E-state index in [9.17, 15) is 0 Å². The lowest BCUT2D eigenvalue weighted by molar-refractivity contribution is 0.0593. The lowest BCUT2D eigenvalue weighted by Crippen LogP contribution is -2.17. The van der Waals surface area contributed by atoms with Crippen molar-refractivity contribution in [3.05, 3.63) is 54.1 Å². The van der Waals surface area contributed by atoms with Gasteiger partial charge in [-0.2, -0.15) is 0 Å². The Morgan fingerprint density at radius 2 is 1.94 bits per heavy atom. The minimum Gasteiger partial charge on any atom is -0.490 e. The van der Waals surface area contributed by atoms with E-state index in [1.807, 2.05) is 31.2 Å². The van der Waals surface area contributed by atoms with E-state index in [-0.39, 0.29) is 0 Å². The molecule has 0 spiro atoms. The molecule has 0 aliphatic carbocycles. The van der Waals surface area contributed by atoms with Crippen LogP contribution in [0.2, 0.25) is 0 Å². The van der Waals surface area contributed by atoms with Gasteiger partial charge in [-0.15, -0.1) is 0 Å². The molecule has 8 nitrogen and oxygen atoms in total. The number of aromatic nitrogens is 4. The number of nitrogens with one attached hydrogen (secondary N) is 1. The van der Waals surface area contributed by atoms with Crippen molar-refractivity contribution in [3.8, 4) is 17.1 Å². The topological polar surface area (TPSA) is 108 Å². The van der Waals surface area contributed by atoms with Crippen molar-refractivity contribution in [2.24, 2.45) is 5.92 Å². The maximum atomic E-state index is 5.89. The molecule has 2 aromatic heterocycles. The Hall–Kier alpha value is -3.26. The third-order valence-electron chi connectivity index (χ3n) is 5.33. The number of ether oxygens (including phenoxy) is 2. The summed E-state index contributed by atoms with van der Waals surface area (Å²) in [4.78, 5) is 17.5. The lowest BCUT2D eigenvalue weighted by Gasteiger charge is -2.21. The molecule has 1 aliphatic rings. The van der Waals surface area contributed by atoms with Crippen LogP contribution < -0.4 is 15.8 Å². The van der Waals surface area contributed by atoms with Crippen LogP contribution in [0.5, 0.6) is 5.75 Å². The molecule has 1 fully saturated rings. The van der Waals surface area contributed by atoms with Crippen LogP contribution in [0.4, 0.5) is 11.6 Å². The SMILES string of the molecule is Cc1cnc(N)c(NCc2cccc(-c3ncc(OCCC4CCOCC4)cn3)c2)n1. The zero-order chi connectivity index (χ0) is 21.5. The number of aryl methyl sites for hydroxylation is 1. The van der Waals surface area contributed by atoms with Gasteiger partial charge in [0.25, 0.3) is 0 Å². The second-order valence-corrected chi connectivity index (χ2v) is 7.73. The number of rotatable bonds is 8. The highest BCUT2D eigenvalue weighted by Gasteiger charge is 2.13. The fraction of sp³-hybridized carbons (Fsp3) is 0.391. The van der Waals surface area contributed by atoms with Gasteiger partial charge in [0.2, 0.25) is 0 Å². The van der Waals surface area contributed by atoms with E-state index in [0.717, 1.165) is 49.3 Å². The van der Waals surface area contributed by atoms with Crippen molar-refractivity contribution in [3.63, 3.8) is 0 Å². The fourth-order valence-corrected chi connectivity index (χ4v) is 3.54. The monoisotopic (exact) mass is 420 g/mol. The highest BCUT2D eigenvalue weighted by molar-refractivity contribution is 5.58. The molecule has 3 N–H and O–H groups in total. The highest BCUT2D eigenvalue weighted by atomic mass is 16.5. The van der Waals surface area contributed by atoms with E-state index < -0.39 is 0 Å². The summed E-state index contributed by atoms with van der Waals surface area (Å²) in [6.45, 7) is 4.86. The number of hydrogen-bond acceptors (Lipinski definition) is 8. The van der Waals surface area contributed by atoms with Gasteiger partial charge in [-0.05, 0) is 43.7 Å². The van der Waals surface area contributed by atoms with Gasteiger partial charge >= 0.3 is 0 Å². The van der Waals surface area contributed by atoms with Crippen LogP contribution in [-0.4, -0.2) is 39.8 Å². The molecule has 3 heterocycles. The number of nitrogen functional groups attached to an aromatic ring is 1. The maximum absolute atomic E-state index is 5.89. The van der Waals surface area contributed by atoms with Crippen LogP contribution in [0, 0.1) is 12.8 Å². The Morgan fingerprint density at radius 3 is 2.74 bits per heavy atom. The summed E-state index contributed by atoms with van der Waals surface area (Å²) in [6, 6.07) is 8.06. The second-order valence-electron chi connectivity index (χ2n) is 7.73. The van der Waals surface area contributed by atoms with Gasteiger partial charge in [-0.1, -0.05) is 18.2 Å². The zero-order valence-corrected chi connectivity index (χ0v) is 17.8. The standard InChI is InChI=1S/C23H28N6O2/c1-16-12-25-21(24)23(29-16)26-13-18-3-2-4-19(11-18)22-27-14-20(15-28-22)31-10-7-17-5-8-30-9-6-17/h2-4,11-12,14-15,17H,5-10,13H2,1H3,(H2,24,25)(H,26,29). The van der Waals surface area contributed by atoms with Crippen LogP contribution in [0.15, 0.2) is 42.9 Å². The fourth-order valence-electron chi connectivity index (χ4n) is 3.54. The number of nitrogens with zero attached hydrogens (tertiary/aromatic N) is 4. The van der Waals surface area contributed by atoms with E-state index >= 15 is 0 Å². The van der Waals surface area contributed by atoms with Gasteiger partial charge in [0.1, 0.15) is 0 Å². The summed E-state index contributed by atoms with van der Waals surface area (Å²) in [5, 5.41) is 3.24. The number of hydrogen-bond donors (Lipinski definition) is 2.